The molecule has 0 saturated carbocycles. The van der Waals surface area contributed by atoms with Crippen molar-refractivity contribution in [3.63, 3.8) is 0 Å². The first-order valence-corrected chi connectivity index (χ1v) is 11.9. The monoisotopic (exact) mass is 545 g/mol. The Kier molecular flexibility index (Phi) is 11.6. The molecule has 0 aliphatic rings. The Balaban J connectivity index is 2.17. The molecule has 1 aromatic heterocycles. The lowest BCUT2D eigenvalue weighted by atomic mass is 10.0. The molecular weight excluding hydrogens is 514 g/mol. The molecular formula is C24H31N7O8. The Morgan fingerprint density at radius 3 is 2.05 bits per heavy atom. The van der Waals surface area contributed by atoms with Gasteiger partial charge in [0.2, 0.25) is 23.6 Å². The van der Waals surface area contributed by atoms with E-state index in [-0.39, 0.29) is 12.8 Å². The Morgan fingerprint density at radius 2 is 1.49 bits per heavy atom. The van der Waals surface area contributed by atoms with Crippen molar-refractivity contribution >= 4 is 35.6 Å². The van der Waals surface area contributed by atoms with Crippen molar-refractivity contribution < 1.29 is 39.0 Å². The molecule has 2 aromatic rings. The fourth-order valence-corrected chi connectivity index (χ4v) is 3.55. The van der Waals surface area contributed by atoms with Crippen molar-refractivity contribution in [2.75, 3.05) is 0 Å². The molecule has 4 amide bonds. The number of amides is 4. The second-order valence-corrected chi connectivity index (χ2v) is 8.70. The van der Waals surface area contributed by atoms with Crippen LogP contribution in [0.1, 0.15) is 30.5 Å². The number of carboxylic acid groups (broad SMARTS) is 2. The van der Waals surface area contributed by atoms with E-state index in [9.17, 15) is 33.9 Å². The number of nitrogens with zero attached hydrogens (tertiary/aromatic N) is 1. The van der Waals surface area contributed by atoms with E-state index in [0.29, 0.717) is 5.69 Å². The highest BCUT2D eigenvalue weighted by atomic mass is 16.4. The fraction of sp³-hybridized carbons (Fsp3) is 0.375. The number of carboxylic acids is 2. The van der Waals surface area contributed by atoms with Crippen molar-refractivity contribution in [3.05, 3.63) is 54.1 Å². The van der Waals surface area contributed by atoms with Crippen molar-refractivity contribution in [1.29, 1.82) is 0 Å². The lowest BCUT2D eigenvalue weighted by Crippen LogP contribution is -2.58. The van der Waals surface area contributed by atoms with Crippen LogP contribution in [0, 0.1) is 0 Å². The average Bonchev–Trinajstić information content (AvgIpc) is 3.38. The lowest BCUT2D eigenvalue weighted by Gasteiger charge is -2.24. The van der Waals surface area contributed by atoms with E-state index in [1.807, 2.05) is 6.07 Å². The third-order valence-corrected chi connectivity index (χ3v) is 5.55. The molecule has 0 aliphatic heterocycles. The zero-order chi connectivity index (χ0) is 28.9. The molecule has 210 valence electrons. The summed E-state index contributed by atoms with van der Waals surface area (Å²) in [5, 5.41) is 25.1. The predicted octanol–water partition coefficient (Wildman–Crippen LogP) is -2.20. The first-order chi connectivity index (χ1) is 18.5. The van der Waals surface area contributed by atoms with Crippen LogP contribution in [0.2, 0.25) is 0 Å². The van der Waals surface area contributed by atoms with Crippen LogP contribution in [-0.4, -0.2) is 79.9 Å². The van der Waals surface area contributed by atoms with Gasteiger partial charge in [-0.15, -0.1) is 0 Å². The summed E-state index contributed by atoms with van der Waals surface area (Å²) in [6.07, 6.45) is 1.20. The van der Waals surface area contributed by atoms with Gasteiger partial charge < -0.3 is 42.6 Å². The molecule has 0 radical (unpaired) electrons. The maximum atomic E-state index is 13.2. The van der Waals surface area contributed by atoms with E-state index in [1.165, 1.54) is 12.5 Å². The van der Waals surface area contributed by atoms with Crippen LogP contribution in [-0.2, 0) is 41.6 Å². The molecule has 10 N–H and O–H groups in total. The Hall–Kier alpha value is -4.79. The van der Waals surface area contributed by atoms with Gasteiger partial charge in [0, 0.05) is 24.7 Å². The number of rotatable bonds is 16. The summed E-state index contributed by atoms with van der Waals surface area (Å²) in [6, 6.07) is 3.46. The third kappa shape index (κ3) is 10.6. The van der Waals surface area contributed by atoms with Crippen molar-refractivity contribution in [2.45, 2.75) is 56.3 Å². The van der Waals surface area contributed by atoms with E-state index in [0.717, 1.165) is 5.56 Å². The van der Waals surface area contributed by atoms with Gasteiger partial charge in [0.05, 0.1) is 18.8 Å². The van der Waals surface area contributed by atoms with E-state index >= 15 is 0 Å². The van der Waals surface area contributed by atoms with Gasteiger partial charge in [-0.25, -0.2) is 9.78 Å². The van der Waals surface area contributed by atoms with Crippen molar-refractivity contribution in [1.82, 2.24) is 25.9 Å². The summed E-state index contributed by atoms with van der Waals surface area (Å²) in [4.78, 5) is 79.3. The first-order valence-electron chi connectivity index (χ1n) is 11.9. The largest absolute Gasteiger partial charge is 0.481 e. The van der Waals surface area contributed by atoms with Gasteiger partial charge in [0.25, 0.3) is 0 Å². The second-order valence-electron chi connectivity index (χ2n) is 8.70. The molecule has 0 bridgehead atoms. The van der Waals surface area contributed by atoms with Gasteiger partial charge in [0.1, 0.15) is 18.1 Å². The number of benzene rings is 1. The molecule has 0 saturated heterocycles. The van der Waals surface area contributed by atoms with E-state index < -0.39 is 79.0 Å². The Bertz CT molecular complexity index is 1160. The van der Waals surface area contributed by atoms with Gasteiger partial charge >= 0.3 is 11.9 Å². The highest BCUT2D eigenvalue weighted by molar-refractivity contribution is 5.96. The van der Waals surface area contributed by atoms with E-state index in [4.69, 9.17) is 16.6 Å². The molecule has 0 fully saturated rings. The summed E-state index contributed by atoms with van der Waals surface area (Å²) in [5.41, 5.74) is 12.5. The number of carbonyl (C=O) groups is 6. The summed E-state index contributed by atoms with van der Waals surface area (Å²) in [6.45, 7) is 0. The topological polar surface area (TPSA) is 260 Å². The van der Waals surface area contributed by atoms with Crippen LogP contribution < -0.4 is 27.4 Å². The van der Waals surface area contributed by atoms with Crippen LogP contribution in [0.15, 0.2) is 42.9 Å². The Morgan fingerprint density at radius 1 is 0.872 bits per heavy atom. The number of hydrogen-bond acceptors (Lipinski definition) is 8. The fourth-order valence-electron chi connectivity index (χ4n) is 3.55. The zero-order valence-electron chi connectivity index (χ0n) is 20.8. The van der Waals surface area contributed by atoms with Gasteiger partial charge in [-0.2, -0.15) is 0 Å². The van der Waals surface area contributed by atoms with Crippen molar-refractivity contribution in [3.8, 4) is 0 Å². The van der Waals surface area contributed by atoms with Crippen LogP contribution in [0.3, 0.4) is 0 Å². The van der Waals surface area contributed by atoms with Crippen molar-refractivity contribution in [2.24, 2.45) is 11.5 Å². The molecule has 0 spiro atoms. The molecule has 15 nitrogen and oxygen atoms in total. The molecule has 15 heteroatoms. The Labute approximate surface area is 222 Å². The zero-order valence-corrected chi connectivity index (χ0v) is 20.8. The number of aliphatic carboxylic acids is 2. The smallest absolute Gasteiger partial charge is 0.326 e. The third-order valence-electron chi connectivity index (χ3n) is 5.55. The number of nitrogens with two attached hydrogens (primary N) is 2. The minimum absolute atomic E-state index is 0.0864. The number of hydrogen-bond donors (Lipinski definition) is 8. The van der Waals surface area contributed by atoms with Crippen LogP contribution in [0.5, 0.6) is 0 Å². The first kappa shape index (κ1) is 30.4. The molecule has 39 heavy (non-hydrogen) atoms. The molecule has 4 unspecified atom stereocenters. The summed E-state index contributed by atoms with van der Waals surface area (Å²) >= 11 is 0. The normalized spacial score (nSPS) is 13.8. The SMILES string of the molecule is NC(=O)CC(NC(=O)C(Cc1cnc[nH]1)NC(=O)C(N)Cc1ccccc1)C(=O)NC(CCC(=O)O)C(=O)O. The number of imidazole rings is 1. The maximum Gasteiger partial charge on any atom is 0.326 e. The molecule has 1 aromatic carbocycles. The van der Waals surface area contributed by atoms with Crippen LogP contribution in [0.4, 0.5) is 0 Å². The lowest BCUT2D eigenvalue weighted by molar-refractivity contribution is -0.143. The standard InChI is InChI=1S/C24H31N7O8/c25-15(8-13-4-2-1-3-5-13)21(35)30-17(9-14-11-27-12-28-14)22(36)31-18(10-19(26)32)23(37)29-16(24(38)39)6-7-20(33)34/h1-5,11-12,15-18H,6-10,25H2,(H2,26,32)(H,27,28)(H,29,37)(H,30,35)(H,31,36)(H,33,34)(H,38,39). The number of H-pyrrole nitrogens is 1. The molecule has 0 aliphatic carbocycles. The predicted molar refractivity (Wildman–Crippen MR) is 135 cm³/mol. The number of aromatic nitrogens is 2. The van der Waals surface area contributed by atoms with Gasteiger partial charge in [-0.3, -0.25) is 24.0 Å². The van der Waals surface area contributed by atoms with Crippen LogP contribution in [0.25, 0.3) is 0 Å². The van der Waals surface area contributed by atoms with Gasteiger partial charge in [0.15, 0.2) is 0 Å². The number of aromatic amines is 1. The summed E-state index contributed by atoms with van der Waals surface area (Å²) < 4.78 is 0. The highest BCUT2D eigenvalue weighted by Crippen LogP contribution is 2.06. The average molecular weight is 546 g/mol. The van der Waals surface area contributed by atoms with E-state index in [2.05, 4.69) is 25.9 Å². The maximum absolute atomic E-state index is 13.2. The number of carbonyl (C=O) groups excluding carboxylic acids is 4. The van der Waals surface area contributed by atoms with Gasteiger partial charge in [-0.05, 0) is 18.4 Å². The number of primary amides is 1. The van der Waals surface area contributed by atoms with Gasteiger partial charge in [-0.1, -0.05) is 30.3 Å². The number of nitrogens with one attached hydrogen (secondary N) is 4. The minimum Gasteiger partial charge on any atom is -0.481 e. The summed E-state index contributed by atoms with van der Waals surface area (Å²) in [5.74, 6) is -6.39. The molecule has 4 atom stereocenters. The summed E-state index contributed by atoms with van der Waals surface area (Å²) in [7, 11) is 0. The van der Waals surface area contributed by atoms with Crippen LogP contribution >= 0.6 is 0 Å². The molecule has 1 heterocycles. The minimum atomic E-state index is -1.61. The highest BCUT2D eigenvalue weighted by Gasteiger charge is 2.31. The quantitative estimate of drug-likeness (QED) is 0.113. The molecule has 2 rings (SSSR count). The second kappa shape index (κ2) is 14.8. The van der Waals surface area contributed by atoms with E-state index in [1.54, 1.807) is 24.3 Å².